The highest BCUT2D eigenvalue weighted by atomic mass is 79.9. The van der Waals surface area contributed by atoms with E-state index in [4.69, 9.17) is 37.1 Å². The second-order valence-corrected chi connectivity index (χ2v) is 9.22. The number of hydrogen-bond acceptors (Lipinski definition) is 7. The van der Waals surface area contributed by atoms with Gasteiger partial charge in [-0.05, 0) is 51.8 Å². The number of imide groups is 1. The van der Waals surface area contributed by atoms with Gasteiger partial charge in [0.15, 0.2) is 11.5 Å². The number of esters is 1. The molecule has 4 rings (SSSR count). The van der Waals surface area contributed by atoms with Gasteiger partial charge in [0.1, 0.15) is 23.1 Å². The van der Waals surface area contributed by atoms with Crippen molar-refractivity contribution in [1.82, 2.24) is 10.2 Å². The number of carbonyl (C=O) groups excluding carboxylic acids is 3. The van der Waals surface area contributed by atoms with Gasteiger partial charge in [0.2, 0.25) is 5.76 Å². The Morgan fingerprint density at radius 2 is 1.92 bits per heavy atom. The van der Waals surface area contributed by atoms with Crippen molar-refractivity contribution in [1.29, 1.82) is 0 Å². The minimum atomic E-state index is -0.668. The van der Waals surface area contributed by atoms with Gasteiger partial charge in [-0.3, -0.25) is 9.69 Å². The van der Waals surface area contributed by atoms with E-state index in [1.165, 1.54) is 32.4 Å². The molecule has 2 heterocycles. The van der Waals surface area contributed by atoms with Crippen LogP contribution in [0.4, 0.5) is 4.79 Å². The molecule has 1 aliphatic heterocycles. The Kier molecular flexibility index (Phi) is 8.11. The first-order valence-corrected chi connectivity index (χ1v) is 12.2. The van der Waals surface area contributed by atoms with Crippen molar-refractivity contribution < 1.29 is 33.0 Å². The van der Waals surface area contributed by atoms with Crippen LogP contribution in [0.1, 0.15) is 27.4 Å². The molecule has 0 saturated carbocycles. The Labute approximate surface area is 230 Å². The third kappa shape index (κ3) is 5.61. The Hall–Kier alpha value is -3.47. The Balaban J connectivity index is 1.56. The summed E-state index contributed by atoms with van der Waals surface area (Å²) in [7, 11) is 2.67. The van der Waals surface area contributed by atoms with Crippen molar-refractivity contribution in [2.24, 2.45) is 0 Å². The lowest BCUT2D eigenvalue weighted by Crippen LogP contribution is -2.30. The number of rotatable bonds is 8. The van der Waals surface area contributed by atoms with E-state index >= 15 is 0 Å². The molecular formula is C25H19BrCl2N2O7. The van der Waals surface area contributed by atoms with Crippen LogP contribution < -0.4 is 14.8 Å². The zero-order valence-electron chi connectivity index (χ0n) is 19.5. The zero-order valence-corrected chi connectivity index (χ0v) is 22.6. The van der Waals surface area contributed by atoms with Gasteiger partial charge in [0.05, 0.1) is 20.8 Å². The van der Waals surface area contributed by atoms with Gasteiger partial charge in [0.25, 0.3) is 5.91 Å². The van der Waals surface area contributed by atoms with E-state index in [2.05, 4.69) is 26.0 Å². The highest BCUT2D eigenvalue weighted by molar-refractivity contribution is 9.10. The molecule has 1 aromatic heterocycles. The van der Waals surface area contributed by atoms with Crippen LogP contribution in [0.3, 0.4) is 0 Å². The van der Waals surface area contributed by atoms with Crippen molar-refractivity contribution in [2.45, 2.75) is 13.2 Å². The van der Waals surface area contributed by atoms with Crippen molar-refractivity contribution in [2.75, 3.05) is 14.2 Å². The molecule has 12 heteroatoms. The standard InChI is InChI=1S/C25H19BrCl2N2O7/c1-34-19-10-14(20(26)21(28)22(19)36-12-13-5-3-4-6-16(13)27)9-17-23(31)30(25(33)29-17)11-15-7-8-18(37-15)24(32)35-2/h3-10H,11-12H2,1-2H3,(H,29,33)/b17-9-. The molecule has 37 heavy (non-hydrogen) atoms. The molecule has 0 aliphatic carbocycles. The number of amides is 3. The average Bonchev–Trinajstić information content (AvgIpc) is 3.47. The number of methoxy groups -OCH3 is 2. The quantitative estimate of drug-likeness (QED) is 0.195. The van der Waals surface area contributed by atoms with Gasteiger partial charge in [-0.25, -0.2) is 9.59 Å². The number of nitrogens with zero attached hydrogens (tertiary/aromatic N) is 1. The molecule has 9 nitrogen and oxygen atoms in total. The maximum Gasteiger partial charge on any atom is 0.373 e. The van der Waals surface area contributed by atoms with Crippen LogP contribution in [0, 0.1) is 0 Å². The summed E-state index contributed by atoms with van der Waals surface area (Å²) in [6.45, 7) is -0.0321. The summed E-state index contributed by atoms with van der Waals surface area (Å²) in [4.78, 5) is 38.0. The van der Waals surface area contributed by atoms with Crippen molar-refractivity contribution >= 4 is 63.1 Å². The van der Waals surface area contributed by atoms with Gasteiger partial charge in [-0.1, -0.05) is 41.4 Å². The van der Waals surface area contributed by atoms with Crippen LogP contribution in [0.2, 0.25) is 10.0 Å². The smallest absolute Gasteiger partial charge is 0.373 e. The van der Waals surface area contributed by atoms with Crippen molar-refractivity contribution in [3.05, 3.63) is 85.3 Å². The summed E-state index contributed by atoms with van der Waals surface area (Å²) in [5.41, 5.74) is 1.23. The van der Waals surface area contributed by atoms with E-state index in [1.807, 2.05) is 18.2 Å². The van der Waals surface area contributed by atoms with E-state index in [-0.39, 0.29) is 41.1 Å². The normalized spacial score (nSPS) is 14.2. The van der Waals surface area contributed by atoms with Gasteiger partial charge < -0.3 is 23.9 Å². The average molecular weight is 610 g/mol. The van der Waals surface area contributed by atoms with Crippen LogP contribution >= 0.6 is 39.1 Å². The minimum absolute atomic E-state index is 0.00769. The number of urea groups is 1. The number of halogens is 3. The largest absolute Gasteiger partial charge is 0.493 e. The molecule has 0 radical (unpaired) electrons. The van der Waals surface area contributed by atoms with Gasteiger partial charge in [-0.15, -0.1) is 0 Å². The van der Waals surface area contributed by atoms with E-state index in [9.17, 15) is 14.4 Å². The third-order valence-electron chi connectivity index (χ3n) is 5.33. The fourth-order valence-corrected chi connectivity index (χ4v) is 4.32. The maximum absolute atomic E-state index is 13.0. The number of furan rings is 1. The van der Waals surface area contributed by atoms with Crippen LogP contribution in [0.25, 0.3) is 6.08 Å². The molecule has 192 valence electrons. The lowest BCUT2D eigenvalue weighted by Gasteiger charge is -2.16. The number of nitrogens with one attached hydrogen (secondary N) is 1. The van der Waals surface area contributed by atoms with Crippen LogP contribution in [-0.4, -0.2) is 37.0 Å². The first-order valence-electron chi connectivity index (χ1n) is 10.7. The molecule has 0 atom stereocenters. The minimum Gasteiger partial charge on any atom is -0.493 e. The summed E-state index contributed by atoms with van der Waals surface area (Å²) in [6, 6.07) is 11.1. The molecule has 0 unspecified atom stereocenters. The second kappa shape index (κ2) is 11.3. The Bertz CT molecular complexity index is 1420. The summed E-state index contributed by atoms with van der Waals surface area (Å²) in [5, 5.41) is 3.29. The summed E-state index contributed by atoms with van der Waals surface area (Å²) in [5.74, 6) is -0.479. The Morgan fingerprint density at radius 1 is 1.16 bits per heavy atom. The van der Waals surface area contributed by atoms with Gasteiger partial charge in [0, 0.05) is 15.1 Å². The summed E-state index contributed by atoms with van der Waals surface area (Å²) >= 11 is 16.2. The molecule has 1 aliphatic rings. The summed E-state index contributed by atoms with van der Waals surface area (Å²) < 4.78 is 21.7. The number of ether oxygens (including phenoxy) is 3. The lowest BCUT2D eigenvalue weighted by atomic mass is 10.1. The highest BCUT2D eigenvalue weighted by Crippen LogP contribution is 2.44. The molecule has 1 N–H and O–H groups in total. The second-order valence-electron chi connectivity index (χ2n) is 7.64. The molecule has 0 spiro atoms. The predicted molar refractivity (Wildman–Crippen MR) is 139 cm³/mol. The van der Waals surface area contributed by atoms with Crippen molar-refractivity contribution in [3.8, 4) is 11.5 Å². The van der Waals surface area contributed by atoms with Gasteiger partial charge in [-0.2, -0.15) is 0 Å². The van der Waals surface area contributed by atoms with Gasteiger partial charge >= 0.3 is 12.0 Å². The van der Waals surface area contributed by atoms with E-state index < -0.39 is 17.9 Å². The summed E-state index contributed by atoms with van der Waals surface area (Å²) in [6.07, 6.45) is 1.46. The fraction of sp³-hybridized carbons (Fsp3) is 0.160. The number of benzene rings is 2. The monoisotopic (exact) mass is 608 g/mol. The number of hydrogen-bond donors (Lipinski definition) is 1. The molecule has 1 saturated heterocycles. The third-order valence-corrected chi connectivity index (χ3v) is 7.14. The van der Waals surface area contributed by atoms with Crippen LogP contribution in [-0.2, 0) is 22.7 Å². The molecule has 3 amide bonds. The predicted octanol–water partition coefficient (Wildman–Crippen LogP) is 5.82. The lowest BCUT2D eigenvalue weighted by molar-refractivity contribution is -0.123. The Morgan fingerprint density at radius 3 is 2.62 bits per heavy atom. The molecule has 1 fully saturated rings. The SMILES string of the molecule is COC(=O)c1ccc(CN2C(=O)N/C(=C\c3cc(OC)c(OCc4ccccc4Cl)c(Cl)c3Br)C2=O)o1. The van der Waals surface area contributed by atoms with E-state index in [1.54, 1.807) is 12.1 Å². The van der Waals surface area contributed by atoms with E-state index in [0.717, 1.165) is 10.5 Å². The fourth-order valence-electron chi connectivity index (χ4n) is 3.46. The topological polar surface area (TPSA) is 107 Å². The first kappa shape index (κ1) is 26.6. The van der Waals surface area contributed by atoms with Crippen LogP contribution in [0.5, 0.6) is 11.5 Å². The molecule has 2 aromatic carbocycles. The maximum atomic E-state index is 13.0. The zero-order chi connectivity index (χ0) is 26.7. The molecule has 3 aromatic rings. The number of carbonyl (C=O) groups is 3. The first-order chi connectivity index (χ1) is 17.7. The van der Waals surface area contributed by atoms with Crippen LogP contribution in [0.15, 0.2) is 57.1 Å². The molecular weight excluding hydrogens is 591 g/mol. The van der Waals surface area contributed by atoms with E-state index in [0.29, 0.717) is 20.8 Å². The highest BCUT2D eigenvalue weighted by Gasteiger charge is 2.35. The molecule has 0 bridgehead atoms. The van der Waals surface area contributed by atoms with Crippen molar-refractivity contribution in [3.63, 3.8) is 0 Å².